The zero-order valence-corrected chi connectivity index (χ0v) is 10.4. The van der Waals surface area contributed by atoms with Crippen LogP contribution in [0.4, 0.5) is 0 Å². The van der Waals surface area contributed by atoms with Crippen molar-refractivity contribution in [3.63, 3.8) is 0 Å². The molecule has 0 aliphatic rings. The summed E-state index contributed by atoms with van der Waals surface area (Å²) in [7, 11) is 0. The van der Waals surface area contributed by atoms with Crippen LogP contribution in [0, 0.1) is 6.92 Å². The van der Waals surface area contributed by atoms with Gasteiger partial charge < -0.3 is 0 Å². The minimum absolute atomic E-state index is 0.0955. The van der Waals surface area contributed by atoms with E-state index in [9.17, 15) is 4.79 Å². The molecule has 0 aromatic heterocycles. The summed E-state index contributed by atoms with van der Waals surface area (Å²) in [6.45, 7) is 2.00. The predicted octanol–water partition coefficient (Wildman–Crippen LogP) is 4.07. The van der Waals surface area contributed by atoms with Crippen molar-refractivity contribution in [1.29, 1.82) is 0 Å². The van der Waals surface area contributed by atoms with Gasteiger partial charge in [0, 0.05) is 17.0 Å². The van der Waals surface area contributed by atoms with Gasteiger partial charge in [0.1, 0.15) is 0 Å². The van der Waals surface area contributed by atoms with E-state index in [0.717, 1.165) is 16.7 Å². The summed E-state index contributed by atoms with van der Waals surface area (Å²) in [6, 6.07) is 15.0. The molecule has 0 unspecified atom stereocenters. The monoisotopic (exact) mass is 244 g/mol. The molecule has 2 heteroatoms. The van der Waals surface area contributed by atoms with E-state index in [1.54, 1.807) is 6.07 Å². The van der Waals surface area contributed by atoms with Gasteiger partial charge in [-0.25, -0.2) is 0 Å². The highest BCUT2D eigenvalue weighted by Crippen LogP contribution is 2.17. The van der Waals surface area contributed by atoms with Crippen LogP contribution in [0.1, 0.15) is 21.5 Å². The molecule has 86 valence electrons. The van der Waals surface area contributed by atoms with Crippen LogP contribution < -0.4 is 0 Å². The van der Waals surface area contributed by atoms with Crippen molar-refractivity contribution in [1.82, 2.24) is 0 Å². The van der Waals surface area contributed by atoms with Crippen molar-refractivity contribution in [2.45, 2.75) is 13.3 Å². The molecule has 0 saturated carbocycles. The smallest absolute Gasteiger partial charge is 0.167 e. The van der Waals surface area contributed by atoms with Crippen molar-refractivity contribution in [2.24, 2.45) is 0 Å². The summed E-state index contributed by atoms with van der Waals surface area (Å²) in [4.78, 5) is 12.0. The Morgan fingerprint density at radius 3 is 2.35 bits per heavy atom. The highest BCUT2D eigenvalue weighted by atomic mass is 35.5. The highest BCUT2D eigenvalue weighted by molar-refractivity contribution is 6.31. The lowest BCUT2D eigenvalue weighted by molar-refractivity contribution is 0.0993. The molecule has 1 nitrogen and oxygen atoms in total. The van der Waals surface area contributed by atoms with Crippen LogP contribution >= 0.6 is 11.6 Å². The lowest BCUT2D eigenvalue weighted by atomic mass is 10.0. The topological polar surface area (TPSA) is 17.1 Å². The molecule has 0 aliphatic heterocycles. The SMILES string of the molecule is Cc1ccc(C(=O)Cc2ccccc2Cl)cc1. The number of hydrogen-bond acceptors (Lipinski definition) is 1. The van der Waals surface area contributed by atoms with Crippen LogP contribution in [0.3, 0.4) is 0 Å². The Balaban J connectivity index is 2.17. The molecular formula is C15H13ClO. The third-order valence-corrected chi connectivity index (χ3v) is 3.05. The first-order chi connectivity index (χ1) is 8.16. The summed E-state index contributed by atoms with van der Waals surface area (Å²) in [5, 5.41) is 0.646. The Kier molecular flexibility index (Phi) is 3.60. The molecule has 0 radical (unpaired) electrons. The van der Waals surface area contributed by atoms with Gasteiger partial charge in [-0.1, -0.05) is 59.6 Å². The van der Waals surface area contributed by atoms with Gasteiger partial charge in [-0.2, -0.15) is 0 Å². The third kappa shape index (κ3) is 2.95. The molecular weight excluding hydrogens is 232 g/mol. The van der Waals surface area contributed by atoms with E-state index in [0.29, 0.717) is 11.4 Å². The second-order valence-corrected chi connectivity index (χ2v) is 4.46. The van der Waals surface area contributed by atoms with Crippen LogP contribution in [-0.2, 0) is 6.42 Å². The molecule has 0 bridgehead atoms. The first-order valence-electron chi connectivity index (χ1n) is 5.50. The molecule has 0 saturated heterocycles. The molecule has 0 atom stereocenters. The predicted molar refractivity (Wildman–Crippen MR) is 70.7 cm³/mol. The molecule has 0 fully saturated rings. The van der Waals surface area contributed by atoms with E-state index in [4.69, 9.17) is 11.6 Å². The number of Topliss-reactive ketones (excluding diaryl/α,β-unsaturated/α-hetero) is 1. The Labute approximate surface area is 106 Å². The molecule has 2 aromatic rings. The van der Waals surface area contributed by atoms with Crippen molar-refractivity contribution in [2.75, 3.05) is 0 Å². The van der Waals surface area contributed by atoms with Gasteiger partial charge in [0.15, 0.2) is 5.78 Å². The number of benzene rings is 2. The van der Waals surface area contributed by atoms with Gasteiger partial charge in [0.25, 0.3) is 0 Å². The van der Waals surface area contributed by atoms with Crippen molar-refractivity contribution < 1.29 is 4.79 Å². The molecule has 0 spiro atoms. The average molecular weight is 245 g/mol. The van der Waals surface area contributed by atoms with Gasteiger partial charge in [-0.3, -0.25) is 4.79 Å². The quantitative estimate of drug-likeness (QED) is 0.744. The molecule has 0 aliphatic carbocycles. The van der Waals surface area contributed by atoms with E-state index in [2.05, 4.69) is 0 Å². The van der Waals surface area contributed by atoms with Gasteiger partial charge in [0.2, 0.25) is 0 Å². The van der Waals surface area contributed by atoms with E-state index >= 15 is 0 Å². The van der Waals surface area contributed by atoms with Crippen molar-refractivity contribution in [3.8, 4) is 0 Å². The lowest BCUT2D eigenvalue weighted by Gasteiger charge is -2.04. The summed E-state index contributed by atoms with van der Waals surface area (Å²) >= 11 is 6.03. The number of rotatable bonds is 3. The van der Waals surface area contributed by atoms with E-state index in [1.165, 1.54) is 0 Å². The maximum atomic E-state index is 12.0. The molecule has 0 amide bonds. The minimum Gasteiger partial charge on any atom is -0.294 e. The third-order valence-electron chi connectivity index (χ3n) is 2.68. The molecule has 0 heterocycles. The lowest BCUT2D eigenvalue weighted by Crippen LogP contribution is -2.03. The number of carbonyl (C=O) groups excluding carboxylic acids is 1. The maximum absolute atomic E-state index is 12.0. The van der Waals surface area contributed by atoms with Crippen LogP contribution in [0.2, 0.25) is 5.02 Å². The Morgan fingerprint density at radius 2 is 1.71 bits per heavy atom. The van der Waals surface area contributed by atoms with Crippen LogP contribution in [-0.4, -0.2) is 5.78 Å². The van der Waals surface area contributed by atoms with Gasteiger partial charge in [0.05, 0.1) is 0 Å². The maximum Gasteiger partial charge on any atom is 0.167 e. The fraction of sp³-hybridized carbons (Fsp3) is 0.133. The first-order valence-corrected chi connectivity index (χ1v) is 5.88. The van der Waals surface area contributed by atoms with Crippen LogP contribution in [0.15, 0.2) is 48.5 Å². The molecule has 17 heavy (non-hydrogen) atoms. The minimum atomic E-state index is 0.0955. The zero-order chi connectivity index (χ0) is 12.3. The highest BCUT2D eigenvalue weighted by Gasteiger charge is 2.08. The number of ketones is 1. The summed E-state index contributed by atoms with van der Waals surface area (Å²) in [6.07, 6.45) is 0.350. The fourth-order valence-corrected chi connectivity index (χ4v) is 1.86. The Bertz CT molecular complexity index is 529. The zero-order valence-electron chi connectivity index (χ0n) is 9.61. The first kappa shape index (κ1) is 11.9. The second-order valence-electron chi connectivity index (χ2n) is 4.06. The number of hydrogen-bond donors (Lipinski definition) is 0. The summed E-state index contributed by atoms with van der Waals surface area (Å²) in [5.74, 6) is 0.0955. The Morgan fingerprint density at radius 1 is 1.06 bits per heavy atom. The van der Waals surface area contributed by atoms with Gasteiger partial charge >= 0.3 is 0 Å². The van der Waals surface area contributed by atoms with E-state index in [1.807, 2.05) is 49.4 Å². The largest absolute Gasteiger partial charge is 0.294 e. The standard InChI is InChI=1S/C15H13ClO/c1-11-6-8-12(9-7-11)15(17)10-13-4-2-3-5-14(13)16/h2-9H,10H2,1H3. The number of carbonyl (C=O) groups is 1. The van der Waals surface area contributed by atoms with Gasteiger partial charge in [-0.05, 0) is 18.6 Å². The van der Waals surface area contributed by atoms with Crippen LogP contribution in [0.25, 0.3) is 0 Å². The normalized spacial score (nSPS) is 10.2. The molecule has 2 rings (SSSR count). The number of aryl methyl sites for hydroxylation is 1. The second kappa shape index (κ2) is 5.15. The van der Waals surface area contributed by atoms with Crippen LogP contribution in [0.5, 0.6) is 0 Å². The average Bonchev–Trinajstić information content (AvgIpc) is 2.33. The molecule has 2 aromatic carbocycles. The van der Waals surface area contributed by atoms with E-state index in [-0.39, 0.29) is 5.78 Å². The van der Waals surface area contributed by atoms with E-state index < -0.39 is 0 Å². The summed E-state index contributed by atoms with van der Waals surface area (Å²) < 4.78 is 0. The van der Waals surface area contributed by atoms with Crippen molar-refractivity contribution in [3.05, 3.63) is 70.2 Å². The molecule has 0 N–H and O–H groups in total. The fourth-order valence-electron chi connectivity index (χ4n) is 1.66. The number of halogens is 1. The Hall–Kier alpha value is -1.60. The van der Waals surface area contributed by atoms with Crippen molar-refractivity contribution >= 4 is 17.4 Å². The summed E-state index contributed by atoms with van der Waals surface area (Å²) in [5.41, 5.74) is 2.76. The van der Waals surface area contributed by atoms with Gasteiger partial charge in [-0.15, -0.1) is 0 Å².